The Hall–Kier alpha value is -2.81. The minimum absolute atomic E-state index is 0.0298. The van der Waals surface area contributed by atoms with Crippen molar-refractivity contribution < 1.29 is 9.59 Å². The van der Waals surface area contributed by atoms with Gasteiger partial charge in [-0.25, -0.2) is 4.68 Å². The molecule has 3 aliphatic carbocycles. The number of aromatic nitrogens is 3. The minimum Gasteiger partial charge on any atom is -0.299 e. The fourth-order valence-corrected chi connectivity index (χ4v) is 5.09. The highest BCUT2D eigenvalue weighted by atomic mass is 16.1. The molecule has 0 radical (unpaired) electrons. The smallest absolute Gasteiger partial charge is 0.163 e. The fraction of sp³-hybridized carbons (Fsp3) is 0.577. The fourth-order valence-electron chi connectivity index (χ4n) is 5.09. The zero-order chi connectivity index (χ0) is 22.1. The number of benzene rings is 1. The van der Waals surface area contributed by atoms with Gasteiger partial charge in [0.1, 0.15) is 5.78 Å². The molecule has 3 aliphatic rings. The van der Waals surface area contributed by atoms with Crippen LogP contribution in [0.4, 0.5) is 0 Å². The summed E-state index contributed by atoms with van der Waals surface area (Å²) in [7, 11) is 0. The van der Waals surface area contributed by atoms with Crippen LogP contribution in [-0.2, 0) is 16.8 Å². The van der Waals surface area contributed by atoms with Crippen molar-refractivity contribution in [1.82, 2.24) is 15.0 Å². The predicted octanol–water partition coefficient (Wildman–Crippen LogP) is 4.75. The summed E-state index contributed by atoms with van der Waals surface area (Å²) in [6.07, 6.45) is 12.3. The van der Waals surface area contributed by atoms with E-state index in [0.29, 0.717) is 30.1 Å². The molecule has 0 spiro atoms. The van der Waals surface area contributed by atoms with Gasteiger partial charge in [-0.1, -0.05) is 48.7 Å². The van der Waals surface area contributed by atoms with Gasteiger partial charge in [-0.15, -0.1) is 5.10 Å². The Balaban J connectivity index is 1.31. The number of hydrogen-bond acceptors (Lipinski definition) is 5. The van der Waals surface area contributed by atoms with Crippen molar-refractivity contribution in [3.8, 4) is 6.07 Å². The van der Waals surface area contributed by atoms with Crippen LogP contribution in [0.5, 0.6) is 0 Å². The summed E-state index contributed by atoms with van der Waals surface area (Å²) in [4.78, 5) is 25.3. The molecule has 1 aromatic heterocycles. The second-order valence-corrected chi connectivity index (χ2v) is 9.98. The molecular weight excluding hydrogens is 400 g/mol. The van der Waals surface area contributed by atoms with Crippen LogP contribution in [0, 0.1) is 23.2 Å². The summed E-state index contributed by atoms with van der Waals surface area (Å²) in [6, 6.07) is 9.93. The van der Waals surface area contributed by atoms with Gasteiger partial charge in [0.15, 0.2) is 11.3 Å². The largest absolute Gasteiger partial charge is 0.299 e. The molecule has 0 bridgehead atoms. The zero-order valence-corrected chi connectivity index (χ0v) is 18.5. The topological polar surface area (TPSA) is 88.6 Å². The average molecular weight is 431 g/mol. The van der Waals surface area contributed by atoms with Crippen molar-refractivity contribution in [3.63, 3.8) is 0 Å². The maximum absolute atomic E-state index is 13.2. The Labute approximate surface area is 189 Å². The molecule has 1 atom stereocenters. The summed E-state index contributed by atoms with van der Waals surface area (Å²) >= 11 is 0. The van der Waals surface area contributed by atoms with Crippen molar-refractivity contribution in [3.05, 3.63) is 47.3 Å². The van der Waals surface area contributed by atoms with E-state index in [9.17, 15) is 14.9 Å². The Morgan fingerprint density at radius 2 is 1.81 bits per heavy atom. The van der Waals surface area contributed by atoms with Crippen molar-refractivity contribution >= 4 is 11.6 Å². The van der Waals surface area contributed by atoms with Gasteiger partial charge in [0.05, 0.1) is 18.0 Å². The number of carbonyl (C=O) groups is 2. The molecule has 166 valence electrons. The first-order valence-electron chi connectivity index (χ1n) is 12.1. The lowest BCUT2D eigenvalue weighted by Gasteiger charge is -2.28. The number of ketones is 2. The maximum Gasteiger partial charge on any atom is 0.163 e. The normalized spacial score (nSPS) is 21.0. The molecule has 0 aliphatic heterocycles. The summed E-state index contributed by atoms with van der Waals surface area (Å²) in [5.41, 5.74) is 1.99. The highest BCUT2D eigenvalue weighted by Crippen LogP contribution is 2.43. The van der Waals surface area contributed by atoms with Crippen LogP contribution in [0.15, 0.2) is 30.5 Å². The molecule has 0 saturated heterocycles. The summed E-state index contributed by atoms with van der Waals surface area (Å²) in [6.45, 7) is 0. The first-order valence-corrected chi connectivity index (χ1v) is 12.1. The van der Waals surface area contributed by atoms with E-state index in [-0.39, 0.29) is 17.6 Å². The molecule has 6 nitrogen and oxygen atoms in total. The third-order valence-electron chi connectivity index (χ3n) is 7.57. The van der Waals surface area contributed by atoms with E-state index in [1.165, 1.54) is 19.3 Å². The average Bonchev–Trinajstić information content (AvgIpc) is 3.76. The van der Waals surface area contributed by atoms with Gasteiger partial charge < -0.3 is 0 Å². The summed E-state index contributed by atoms with van der Waals surface area (Å²) < 4.78 is 1.72. The van der Waals surface area contributed by atoms with E-state index in [1.807, 2.05) is 30.5 Å². The minimum atomic E-state index is -0.528. The SMILES string of the molecule is N#CC1(n2cc([C@@H](CC(=O)c3ccc(CC(=O)C4CC4)cc3)C3CCCCC3)nn2)CC1. The monoisotopic (exact) mass is 430 g/mol. The van der Waals surface area contributed by atoms with Gasteiger partial charge >= 0.3 is 0 Å². The molecule has 5 rings (SSSR count). The molecule has 2 aromatic rings. The van der Waals surface area contributed by atoms with E-state index >= 15 is 0 Å². The lowest BCUT2D eigenvalue weighted by Crippen LogP contribution is -2.20. The van der Waals surface area contributed by atoms with Gasteiger partial charge in [-0.3, -0.25) is 9.59 Å². The number of carbonyl (C=O) groups excluding carboxylic acids is 2. The van der Waals surface area contributed by atoms with Crippen molar-refractivity contribution in [2.45, 2.75) is 82.1 Å². The molecule has 32 heavy (non-hydrogen) atoms. The van der Waals surface area contributed by atoms with Gasteiger partial charge in [0.2, 0.25) is 0 Å². The molecule has 0 amide bonds. The second kappa shape index (κ2) is 8.61. The van der Waals surface area contributed by atoms with Crippen LogP contribution in [0.3, 0.4) is 0 Å². The van der Waals surface area contributed by atoms with Crippen LogP contribution < -0.4 is 0 Å². The van der Waals surface area contributed by atoms with Gasteiger partial charge in [-0.05, 0) is 50.0 Å². The van der Waals surface area contributed by atoms with Gasteiger partial charge in [0, 0.05) is 30.2 Å². The summed E-state index contributed by atoms with van der Waals surface area (Å²) in [5, 5.41) is 18.2. The van der Waals surface area contributed by atoms with Gasteiger partial charge in [0.25, 0.3) is 0 Å². The van der Waals surface area contributed by atoms with Crippen molar-refractivity contribution in [2.75, 3.05) is 0 Å². The number of nitriles is 1. The number of Topliss-reactive ketones (excluding diaryl/α,β-unsaturated/α-hetero) is 2. The third-order valence-corrected chi connectivity index (χ3v) is 7.57. The molecule has 0 N–H and O–H groups in total. The first-order chi connectivity index (χ1) is 15.6. The predicted molar refractivity (Wildman–Crippen MR) is 119 cm³/mol. The Kier molecular flexibility index (Phi) is 5.67. The molecule has 6 heteroatoms. The molecule has 3 saturated carbocycles. The highest BCUT2D eigenvalue weighted by Gasteiger charge is 2.47. The highest BCUT2D eigenvalue weighted by molar-refractivity contribution is 5.96. The van der Waals surface area contributed by atoms with Crippen LogP contribution in [0.1, 0.15) is 91.7 Å². The lowest BCUT2D eigenvalue weighted by atomic mass is 9.76. The Morgan fingerprint density at radius 1 is 1.09 bits per heavy atom. The Morgan fingerprint density at radius 3 is 2.44 bits per heavy atom. The molecule has 3 fully saturated rings. The van der Waals surface area contributed by atoms with E-state index < -0.39 is 5.54 Å². The van der Waals surface area contributed by atoms with E-state index in [4.69, 9.17) is 0 Å². The molecule has 0 unspecified atom stereocenters. The second-order valence-electron chi connectivity index (χ2n) is 9.98. The van der Waals surface area contributed by atoms with E-state index in [2.05, 4.69) is 16.4 Å². The first kappa shape index (κ1) is 21.1. The standard InChI is InChI=1S/C26H30N4O2/c27-17-26(12-13-26)30-16-23(28-29-30)22(19-4-2-1-3-5-19)15-25(32)20-8-6-18(7-9-20)14-24(31)21-10-11-21/h6-9,16,19,21-22H,1-5,10-15H2/t22-/m0/s1. The van der Waals surface area contributed by atoms with Crippen LogP contribution >= 0.6 is 0 Å². The third kappa shape index (κ3) is 4.39. The van der Waals surface area contributed by atoms with Crippen molar-refractivity contribution in [1.29, 1.82) is 5.26 Å². The summed E-state index contributed by atoms with van der Waals surface area (Å²) in [5.74, 6) is 1.14. The Bertz CT molecular complexity index is 1030. The number of hydrogen-bond donors (Lipinski definition) is 0. The maximum atomic E-state index is 13.2. The van der Waals surface area contributed by atoms with Crippen LogP contribution in [0.25, 0.3) is 0 Å². The molecular formula is C26H30N4O2. The van der Waals surface area contributed by atoms with E-state index in [0.717, 1.165) is 49.8 Å². The quantitative estimate of drug-likeness (QED) is 0.536. The number of rotatable bonds is 9. The lowest BCUT2D eigenvalue weighted by molar-refractivity contribution is -0.119. The zero-order valence-electron chi connectivity index (χ0n) is 18.5. The van der Waals surface area contributed by atoms with Crippen LogP contribution in [0.2, 0.25) is 0 Å². The molecule has 1 heterocycles. The number of nitrogens with zero attached hydrogens (tertiary/aromatic N) is 4. The molecule has 1 aromatic carbocycles. The van der Waals surface area contributed by atoms with E-state index in [1.54, 1.807) is 4.68 Å². The van der Waals surface area contributed by atoms with Crippen LogP contribution in [-0.4, -0.2) is 26.6 Å². The van der Waals surface area contributed by atoms with Crippen molar-refractivity contribution in [2.24, 2.45) is 11.8 Å². The van der Waals surface area contributed by atoms with Gasteiger partial charge in [-0.2, -0.15) is 5.26 Å².